The summed E-state index contributed by atoms with van der Waals surface area (Å²) in [5.41, 5.74) is 5.32. The van der Waals surface area contributed by atoms with Crippen molar-refractivity contribution in [1.29, 1.82) is 0 Å². The number of aromatic nitrogens is 1. The van der Waals surface area contributed by atoms with Crippen molar-refractivity contribution < 1.29 is 4.79 Å². The lowest BCUT2D eigenvalue weighted by atomic mass is 9.99. The van der Waals surface area contributed by atoms with Crippen LogP contribution in [0.4, 0.5) is 5.69 Å². The van der Waals surface area contributed by atoms with Crippen molar-refractivity contribution in [3.63, 3.8) is 0 Å². The molecule has 0 atom stereocenters. The van der Waals surface area contributed by atoms with Crippen molar-refractivity contribution in [3.8, 4) is 0 Å². The fraction of sp³-hybridized carbons (Fsp3) is 0.294. The topological polar surface area (TPSA) is 54.0 Å². The summed E-state index contributed by atoms with van der Waals surface area (Å²) < 4.78 is 0. The maximum absolute atomic E-state index is 12.2. The summed E-state index contributed by atoms with van der Waals surface area (Å²) >= 11 is 0. The number of hydrogen-bond donors (Lipinski definition) is 2. The van der Waals surface area contributed by atoms with Crippen LogP contribution in [0.1, 0.15) is 22.4 Å². The number of amides is 1. The molecular weight excluding hydrogens is 262 g/mol. The molecule has 4 heteroatoms. The summed E-state index contributed by atoms with van der Waals surface area (Å²) in [5, 5.41) is 6.38. The van der Waals surface area contributed by atoms with Gasteiger partial charge in [-0.1, -0.05) is 18.2 Å². The first kappa shape index (κ1) is 13.8. The Bertz CT molecular complexity index is 667. The Morgan fingerprint density at radius 2 is 2.24 bits per heavy atom. The number of rotatable bonds is 3. The average Bonchev–Trinajstić information content (AvgIpc) is 2.50. The highest BCUT2D eigenvalue weighted by molar-refractivity contribution is 5.93. The first-order valence-electron chi connectivity index (χ1n) is 7.26. The van der Waals surface area contributed by atoms with Gasteiger partial charge in [-0.05, 0) is 48.7 Å². The van der Waals surface area contributed by atoms with Gasteiger partial charge in [-0.2, -0.15) is 0 Å². The Morgan fingerprint density at radius 3 is 3.10 bits per heavy atom. The zero-order valence-corrected chi connectivity index (χ0v) is 12.1. The van der Waals surface area contributed by atoms with E-state index in [-0.39, 0.29) is 5.91 Å². The second-order valence-electron chi connectivity index (χ2n) is 5.36. The van der Waals surface area contributed by atoms with E-state index in [1.807, 2.05) is 31.2 Å². The normalized spacial score (nSPS) is 13.6. The quantitative estimate of drug-likeness (QED) is 0.907. The van der Waals surface area contributed by atoms with Gasteiger partial charge in [0.1, 0.15) is 0 Å². The van der Waals surface area contributed by atoms with Crippen molar-refractivity contribution in [3.05, 3.63) is 58.9 Å². The molecule has 0 saturated heterocycles. The monoisotopic (exact) mass is 281 g/mol. The van der Waals surface area contributed by atoms with E-state index >= 15 is 0 Å². The molecule has 0 spiro atoms. The van der Waals surface area contributed by atoms with Crippen LogP contribution in [0, 0.1) is 6.92 Å². The average molecular weight is 281 g/mol. The van der Waals surface area contributed by atoms with E-state index in [1.165, 1.54) is 11.1 Å². The van der Waals surface area contributed by atoms with Gasteiger partial charge in [0.25, 0.3) is 0 Å². The smallest absolute Gasteiger partial charge is 0.230 e. The van der Waals surface area contributed by atoms with Gasteiger partial charge in [-0.3, -0.25) is 9.78 Å². The minimum absolute atomic E-state index is 0.0178. The summed E-state index contributed by atoms with van der Waals surface area (Å²) in [5.74, 6) is -0.0178. The van der Waals surface area contributed by atoms with Crippen molar-refractivity contribution in [2.75, 3.05) is 11.9 Å². The number of carbonyl (C=O) groups is 1. The maximum Gasteiger partial charge on any atom is 0.230 e. The van der Waals surface area contributed by atoms with E-state index in [2.05, 4.69) is 21.7 Å². The number of carbonyl (C=O) groups excluding carboxylic acids is 1. The lowest BCUT2D eigenvalue weighted by molar-refractivity contribution is -0.115. The van der Waals surface area contributed by atoms with Crippen molar-refractivity contribution >= 4 is 11.6 Å². The van der Waals surface area contributed by atoms with Crippen LogP contribution in [0.25, 0.3) is 0 Å². The third kappa shape index (κ3) is 3.11. The molecular formula is C17H19N3O. The van der Waals surface area contributed by atoms with Crippen LogP contribution in [0.5, 0.6) is 0 Å². The van der Waals surface area contributed by atoms with Crippen LogP contribution in [0.2, 0.25) is 0 Å². The van der Waals surface area contributed by atoms with Gasteiger partial charge in [0.2, 0.25) is 5.91 Å². The summed E-state index contributed by atoms with van der Waals surface area (Å²) in [6.07, 6.45) is 3.05. The Balaban J connectivity index is 1.75. The largest absolute Gasteiger partial charge is 0.325 e. The molecule has 0 fully saturated rings. The second-order valence-corrected chi connectivity index (χ2v) is 5.36. The lowest BCUT2D eigenvalue weighted by Gasteiger charge is -2.20. The second kappa shape index (κ2) is 6.06. The van der Waals surface area contributed by atoms with Gasteiger partial charge in [0.05, 0.1) is 12.1 Å². The summed E-state index contributed by atoms with van der Waals surface area (Å²) in [4.78, 5) is 16.5. The summed E-state index contributed by atoms with van der Waals surface area (Å²) in [6, 6.07) is 9.97. The first-order valence-corrected chi connectivity index (χ1v) is 7.26. The van der Waals surface area contributed by atoms with Gasteiger partial charge in [0, 0.05) is 18.4 Å². The molecule has 0 saturated carbocycles. The number of pyridine rings is 1. The molecule has 1 aromatic heterocycles. The number of aryl methyl sites for hydroxylation is 1. The Kier molecular flexibility index (Phi) is 3.97. The molecule has 0 bridgehead atoms. The number of anilines is 1. The highest BCUT2D eigenvalue weighted by Crippen LogP contribution is 2.23. The summed E-state index contributed by atoms with van der Waals surface area (Å²) in [6.45, 7) is 3.79. The molecule has 0 radical (unpaired) electrons. The van der Waals surface area contributed by atoms with Crippen LogP contribution in [0.3, 0.4) is 0 Å². The van der Waals surface area contributed by atoms with Crippen LogP contribution < -0.4 is 10.6 Å². The van der Waals surface area contributed by atoms with E-state index in [1.54, 1.807) is 6.20 Å². The van der Waals surface area contributed by atoms with Gasteiger partial charge in [-0.25, -0.2) is 0 Å². The molecule has 21 heavy (non-hydrogen) atoms. The minimum Gasteiger partial charge on any atom is -0.325 e. The molecule has 108 valence electrons. The van der Waals surface area contributed by atoms with E-state index in [0.717, 1.165) is 36.5 Å². The standard InChI is InChI=1S/C17H19N3O/c1-12-4-3-8-19-16(12)10-17(21)20-15-6-2-5-13-7-9-18-11-14(13)15/h2-6,8,18H,7,9-11H2,1H3,(H,20,21). The molecule has 1 aliphatic rings. The SMILES string of the molecule is Cc1cccnc1CC(=O)Nc1cccc2c1CNCC2. The number of nitrogens with zero attached hydrogens (tertiary/aromatic N) is 1. The lowest BCUT2D eigenvalue weighted by Crippen LogP contribution is -2.26. The molecule has 2 aromatic rings. The van der Waals surface area contributed by atoms with Gasteiger partial charge >= 0.3 is 0 Å². The van der Waals surface area contributed by atoms with Crippen molar-refractivity contribution in [2.24, 2.45) is 0 Å². The van der Waals surface area contributed by atoms with Crippen molar-refractivity contribution in [2.45, 2.75) is 26.3 Å². The molecule has 1 aliphatic heterocycles. The number of fused-ring (bicyclic) bond motifs is 1. The van der Waals surface area contributed by atoms with Crippen LogP contribution in [-0.4, -0.2) is 17.4 Å². The minimum atomic E-state index is -0.0178. The highest BCUT2D eigenvalue weighted by Gasteiger charge is 2.14. The molecule has 2 N–H and O–H groups in total. The Hall–Kier alpha value is -2.20. The fourth-order valence-corrected chi connectivity index (χ4v) is 2.68. The number of benzene rings is 1. The molecule has 2 heterocycles. The molecule has 0 aliphatic carbocycles. The maximum atomic E-state index is 12.2. The highest BCUT2D eigenvalue weighted by atomic mass is 16.1. The van der Waals surface area contributed by atoms with Crippen molar-refractivity contribution in [1.82, 2.24) is 10.3 Å². The molecule has 3 rings (SSSR count). The van der Waals surface area contributed by atoms with Gasteiger partial charge in [0.15, 0.2) is 0 Å². The zero-order chi connectivity index (χ0) is 14.7. The summed E-state index contributed by atoms with van der Waals surface area (Å²) in [7, 11) is 0. The fourth-order valence-electron chi connectivity index (χ4n) is 2.68. The van der Waals surface area contributed by atoms with E-state index in [0.29, 0.717) is 6.42 Å². The molecule has 1 amide bonds. The van der Waals surface area contributed by atoms with Crippen LogP contribution in [0.15, 0.2) is 36.5 Å². The molecule has 0 unspecified atom stereocenters. The third-order valence-electron chi connectivity index (χ3n) is 3.87. The van der Waals surface area contributed by atoms with E-state index < -0.39 is 0 Å². The third-order valence-corrected chi connectivity index (χ3v) is 3.87. The Labute approximate surface area is 124 Å². The van der Waals surface area contributed by atoms with Gasteiger partial charge < -0.3 is 10.6 Å². The predicted octanol–water partition coefficient (Wildman–Crippen LogP) is 2.22. The molecule has 4 nitrogen and oxygen atoms in total. The first-order chi connectivity index (χ1) is 10.2. The predicted molar refractivity (Wildman–Crippen MR) is 83.2 cm³/mol. The van der Waals surface area contributed by atoms with E-state index in [4.69, 9.17) is 0 Å². The van der Waals surface area contributed by atoms with Crippen LogP contribution >= 0.6 is 0 Å². The van der Waals surface area contributed by atoms with Crippen LogP contribution in [-0.2, 0) is 24.2 Å². The van der Waals surface area contributed by atoms with Gasteiger partial charge in [-0.15, -0.1) is 0 Å². The zero-order valence-electron chi connectivity index (χ0n) is 12.1. The number of hydrogen-bond acceptors (Lipinski definition) is 3. The number of nitrogens with one attached hydrogen (secondary N) is 2. The Morgan fingerprint density at radius 1 is 1.33 bits per heavy atom. The van der Waals surface area contributed by atoms with E-state index in [9.17, 15) is 4.79 Å². The molecule has 1 aromatic carbocycles.